The van der Waals surface area contributed by atoms with Gasteiger partial charge in [-0.1, -0.05) is 12.1 Å². The van der Waals surface area contributed by atoms with Gasteiger partial charge in [-0.15, -0.1) is 0 Å². The number of methoxy groups -OCH3 is 2. The molecule has 0 saturated heterocycles. The fourth-order valence-electron chi connectivity index (χ4n) is 3.93. The van der Waals surface area contributed by atoms with E-state index in [1.807, 2.05) is 57.2 Å². The summed E-state index contributed by atoms with van der Waals surface area (Å²) in [5.74, 6) is 2.06. The molecule has 0 saturated carbocycles. The van der Waals surface area contributed by atoms with Crippen molar-refractivity contribution in [2.45, 2.75) is 26.8 Å². The highest BCUT2D eigenvalue weighted by Gasteiger charge is 2.34. The first-order chi connectivity index (χ1) is 16.0. The van der Waals surface area contributed by atoms with Crippen LogP contribution in [0.1, 0.15) is 31.0 Å². The molecule has 4 rings (SSSR count). The van der Waals surface area contributed by atoms with Gasteiger partial charge in [-0.25, -0.2) is 4.68 Å². The first-order valence-electron chi connectivity index (χ1n) is 10.6. The predicted octanol–water partition coefficient (Wildman–Crippen LogP) is 3.93. The van der Waals surface area contributed by atoms with Crippen molar-refractivity contribution in [1.29, 1.82) is 0 Å². The largest absolute Gasteiger partial charge is 0.495 e. The normalized spacial score (nSPS) is 14.9. The van der Waals surface area contributed by atoms with E-state index < -0.39 is 6.04 Å². The van der Waals surface area contributed by atoms with Crippen molar-refractivity contribution >= 4 is 17.5 Å². The van der Waals surface area contributed by atoms with Crippen LogP contribution in [-0.4, -0.2) is 41.5 Å². The second kappa shape index (κ2) is 9.23. The van der Waals surface area contributed by atoms with Crippen LogP contribution in [0.4, 0.5) is 11.6 Å². The van der Waals surface area contributed by atoms with Gasteiger partial charge in [0.25, 0.3) is 5.91 Å². The highest BCUT2D eigenvalue weighted by molar-refractivity contribution is 6.06. The number of carbonyl (C=O) groups excluding carboxylic acids is 1. The number of carbonyl (C=O) groups is 1. The van der Waals surface area contributed by atoms with Crippen molar-refractivity contribution in [2.24, 2.45) is 0 Å². The number of nitrogens with one attached hydrogen (secondary N) is 2. The lowest BCUT2D eigenvalue weighted by Crippen LogP contribution is -2.31. The van der Waals surface area contributed by atoms with E-state index in [0.717, 1.165) is 11.1 Å². The average molecular weight is 450 g/mol. The Labute approximate surface area is 192 Å². The minimum absolute atomic E-state index is 0.275. The second-order valence-electron chi connectivity index (χ2n) is 7.60. The monoisotopic (exact) mass is 449 g/mol. The van der Waals surface area contributed by atoms with Gasteiger partial charge in [0, 0.05) is 5.70 Å². The number of aryl methyl sites for hydroxylation is 1. The summed E-state index contributed by atoms with van der Waals surface area (Å²) in [7, 11) is 3.16. The first kappa shape index (κ1) is 22.2. The van der Waals surface area contributed by atoms with Gasteiger partial charge in [-0.3, -0.25) is 4.79 Å². The van der Waals surface area contributed by atoms with Gasteiger partial charge >= 0.3 is 0 Å². The number of hydrogen-bond donors (Lipinski definition) is 2. The SMILES string of the molecule is CCOc1ccc([C@@H]2C(C(=O)Nc3cc(C)ccc3OC)=C(C)Nc3ncnn32)cc1OC. The Morgan fingerprint density at radius 2 is 1.85 bits per heavy atom. The van der Waals surface area contributed by atoms with Gasteiger partial charge in [0.15, 0.2) is 11.5 Å². The van der Waals surface area contributed by atoms with Crippen LogP contribution in [0.15, 0.2) is 54.0 Å². The van der Waals surface area contributed by atoms with Crippen molar-refractivity contribution in [3.05, 3.63) is 65.1 Å². The molecule has 3 aromatic rings. The lowest BCUT2D eigenvalue weighted by molar-refractivity contribution is -0.113. The van der Waals surface area contributed by atoms with Crippen LogP contribution < -0.4 is 24.8 Å². The number of hydrogen-bond acceptors (Lipinski definition) is 7. The summed E-state index contributed by atoms with van der Waals surface area (Å²) in [5, 5.41) is 10.6. The van der Waals surface area contributed by atoms with Crippen LogP contribution in [0.3, 0.4) is 0 Å². The number of amides is 1. The minimum Gasteiger partial charge on any atom is -0.495 e. The fraction of sp³-hybridized carbons (Fsp3) is 0.292. The molecule has 1 aliphatic heterocycles. The van der Waals surface area contributed by atoms with E-state index in [2.05, 4.69) is 20.7 Å². The van der Waals surface area contributed by atoms with Gasteiger partial charge in [0.2, 0.25) is 5.95 Å². The fourth-order valence-corrected chi connectivity index (χ4v) is 3.93. The topological polar surface area (TPSA) is 99.5 Å². The summed E-state index contributed by atoms with van der Waals surface area (Å²) in [6.45, 7) is 6.23. The summed E-state index contributed by atoms with van der Waals surface area (Å²) in [6, 6.07) is 10.7. The summed E-state index contributed by atoms with van der Waals surface area (Å²) in [6.07, 6.45) is 1.46. The van der Waals surface area contributed by atoms with Crippen molar-refractivity contribution in [3.63, 3.8) is 0 Å². The van der Waals surface area contributed by atoms with Crippen molar-refractivity contribution < 1.29 is 19.0 Å². The molecule has 0 fully saturated rings. The number of nitrogens with zero attached hydrogens (tertiary/aromatic N) is 3. The number of benzene rings is 2. The van der Waals surface area contributed by atoms with E-state index in [1.165, 1.54) is 6.33 Å². The molecule has 1 aliphatic rings. The molecule has 0 unspecified atom stereocenters. The van der Waals surface area contributed by atoms with Gasteiger partial charge in [0.05, 0.1) is 32.1 Å². The van der Waals surface area contributed by atoms with E-state index in [0.29, 0.717) is 46.8 Å². The van der Waals surface area contributed by atoms with Crippen LogP contribution in [0.25, 0.3) is 0 Å². The maximum Gasteiger partial charge on any atom is 0.255 e. The molecular formula is C24H27N5O4. The molecule has 0 aliphatic carbocycles. The van der Waals surface area contributed by atoms with Gasteiger partial charge in [-0.2, -0.15) is 10.1 Å². The quantitative estimate of drug-likeness (QED) is 0.564. The number of allylic oxidation sites excluding steroid dienone is 1. The van der Waals surface area contributed by atoms with Crippen LogP contribution in [0, 0.1) is 6.92 Å². The highest BCUT2D eigenvalue weighted by atomic mass is 16.5. The smallest absolute Gasteiger partial charge is 0.255 e. The lowest BCUT2D eigenvalue weighted by atomic mass is 9.94. The molecule has 2 heterocycles. The van der Waals surface area contributed by atoms with E-state index in [-0.39, 0.29) is 5.91 Å². The first-order valence-corrected chi connectivity index (χ1v) is 10.6. The van der Waals surface area contributed by atoms with Crippen LogP contribution in [0.5, 0.6) is 17.2 Å². The Hall–Kier alpha value is -4.01. The Morgan fingerprint density at radius 3 is 2.58 bits per heavy atom. The molecule has 9 heteroatoms. The molecule has 0 radical (unpaired) electrons. The Kier molecular flexibility index (Phi) is 6.21. The van der Waals surface area contributed by atoms with Crippen LogP contribution >= 0.6 is 0 Å². The molecule has 9 nitrogen and oxygen atoms in total. The van der Waals surface area contributed by atoms with E-state index in [9.17, 15) is 4.79 Å². The van der Waals surface area contributed by atoms with Gasteiger partial charge in [-0.05, 0) is 56.2 Å². The Morgan fingerprint density at radius 1 is 1.09 bits per heavy atom. The average Bonchev–Trinajstić information content (AvgIpc) is 3.26. The van der Waals surface area contributed by atoms with E-state index >= 15 is 0 Å². The maximum absolute atomic E-state index is 13.6. The summed E-state index contributed by atoms with van der Waals surface area (Å²) < 4.78 is 18.3. The summed E-state index contributed by atoms with van der Waals surface area (Å²) >= 11 is 0. The van der Waals surface area contributed by atoms with Crippen molar-refractivity contribution in [2.75, 3.05) is 31.5 Å². The number of anilines is 2. The lowest BCUT2D eigenvalue weighted by Gasteiger charge is -2.29. The molecule has 1 atom stereocenters. The predicted molar refractivity (Wildman–Crippen MR) is 125 cm³/mol. The molecule has 0 spiro atoms. The molecule has 1 amide bonds. The molecule has 2 N–H and O–H groups in total. The number of rotatable bonds is 7. The zero-order chi connectivity index (χ0) is 23.5. The highest BCUT2D eigenvalue weighted by Crippen LogP contribution is 2.39. The zero-order valence-electron chi connectivity index (χ0n) is 19.3. The van der Waals surface area contributed by atoms with E-state index in [1.54, 1.807) is 18.9 Å². The second-order valence-corrected chi connectivity index (χ2v) is 7.60. The van der Waals surface area contributed by atoms with Gasteiger partial charge in [0.1, 0.15) is 18.1 Å². The number of fused-ring (bicyclic) bond motifs is 1. The molecular weight excluding hydrogens is 422 g/mol. The third-order valence-corrected chi connectivity index (χ3v) is 5.45. The summed E-state index contributed by atoms with van der Waals surface area (Å²) in [4.78, 5) is 17.9. The summed E-state index contributed by atoms with van der Waals surface area (Å²) in [5.41, 5.74) is 3.59. The van der Waals surface area contributed by atoms with Crippen molar-refractivity contribution in [1.82, 2.24) is 14.8 Å². The van der Waals surface area contributed by atoms with E-state index in [4.69, 9.17) is 14.2 Å². The third kappa shape index (κ3) is 4.21. The third-order valence-electron chi connectivity index (χ3n) is 5.45. The van der Waals surface area contributed by atoms with Crippen LogP contribution in [0.2, 0.25) is 0 Å². The molecule has 33 heavy (non-hydrogen) atoms. The standard InChI is InChI=1S/C24H27N5O4/c1-6-33-19-10-8-16(12-20(19)32-5)22-21(15(3)27-24-25-13-26-29(22)24)23(30)28-17-11-14(2)7-9-18(17)31-4/h7-13,22H,6H2,1-5H3,(H,28,30)(H,25,26,27)/t22-/m1/s1. The van der Waals surface area contributed by atoms with Gasteiger partial charge < -0.3 is 24.8 Å². The number of aromatic nitrogens is 3. The zero-order valence-corrected chi connectivity index (χ0v) is 19.3. The maximum atomic E-state index is 13.6. The Balaban J connectivity index is 1.78. The van der Waals surface area contributed by atoms with Crippen molar-refractivity contribution in [3.8, 4) is 17.2 Å². The Bertz CT molecular complexity index is 1220. The molecule has 0 bridgehead atoms. The molecule has 2 aromatic carbocycles. The molecule has 172 valence electrons. The number of ether oxygens (including phenoxy) is 3. The van der Waals surface area contributed by atoms with Crippen LogP contribution in [-0.2, 0) is 4.79 Å². The molecule has 1 aromatic heterocycles. The minimum atomic E-state index is -0.524.